The van der Waals surface area contributed by atoms with Gasteiger partial charge in [0.25, 0.3) is 0 Å². The van der Waals surface area contributed by atoms with Crippen molar-refractivity contribution < 1.29 is 19.1 Å². The fourth-order valence-corrected chi connectivity index (χ4v) is 2.71. The summed E-state index contributed by atoms with van der Waals surface area (Å²) in [4.78, 5) is 23.8. The van der Waals surface area contributed by atoms with Crippen LogP contribution in [-0.2, 0) is 6.42 Å². The number of benzene rings is 3. The standard InChI is InChI=1S/C23H20O4/c1-16(24)18-9-11-19(12-10-18)23(25)27-22-6-4-3-5-20(22)15-17-7-13-21(26-2)14-8-17/h3-14H,15H2,1-2H3. The molecule has 0 saturated carbocycles. The normalized spacial score (nSPS) is 10.3. The molecule has 27 heavy (non-hydrogen) atoms. The number of carbonyl (C=O) groups excluding carboxylic acids is 2. The Morgan fingerprint density at radius 2 is 1.44 bits per heavy atom. The van der Waals surface area contributed by atoms with E-state index in [0.717, 1.165) is 16.9 Å². The molecule has 0 unspecified atom stereocenters. The second-order valence-corrected chi connectivity index (χ2v) is 6.16. The lowest BCUT2D eigenvalue weighted by molar-refractivity contribution is 0.0732. The van der Waals surface area contributed by atoms with Crippen LogP contribution in [0, 0.1) is 0 Å². The van der Waals surface area contributed by atoms with Gasteiger partial charge in [0.1, 0.15) is 11.5 Å². The minimum Gasteiger partial charge on any atom is -0.497 e. The van der Waals surface area contributed by atoms with Gasteiger partial charge in [0.2, 0.25) is 0 Å². The minimum atomic E-state index is -0.452. The second-order valence-electron chi connectivity index (χ2n) is 6.16. The molecule has 0 bridgehead atoms. The molecule has 0 radical (unpaired) electrons. The van der Waals surface area contributed by atoms with E-state index in [1.807, 2.05) is 42.5 Å². The third-order valence-electron chi connectivity index (χ3n) is 4.26. The Morgan fingerprint density at radius 1 is 0.815 bits per heavy atom. The zero-order valence-corrected chi connectivity index (χ0v) is 15.3. The van der Waals surface area contributed by atoms with Gasteiger partial charge in [-0.15, -0.1) is 0 Å². The van der Waals surface area contributed by atoms with Crippen molar-refractivity contribution in [2.24, 2.45) is 0 Å². The Morgan fingerprint density at radius 3 is 2.07 bits per heavy atom. The third-order valence-corrected chi connectivity index (χ3v) is 4.26. The Labute approximate surface area is 158 Å². The number of carbonyl (C=O) groups is 2. The second kappa shape index (κ2) is 8.32. The van der Waals surface area contributed by atoms with Gasteiger partial charge in [-0.25, -0.2) is 4.79 Å². The van der Waals surface area contributed by atoms with Gasteiger partial charge in [-0.05, 0) is 48.4 Å². The monoisotopic (exact) mass is 360 g/mol. The quantitative estimate of drug-likeness (QED) is 0.363. The highest BCUT2D eigenvalue weighted by atomic mass is 16.5. The summed E-state index contributed by atoms with van der Waals surface area (Å²) in [7, 11) is 1.63. The molecule has 0 atom stereocenters. The molecule has 0 aliphatic carbocycles. The van der Waals surface area contributed by atoms with Crippen LogP contribution in [0.15, 0.2) is 72.8 Å². The molecule has 136 valence electrons. The van der Waals surface area contributed by atoms with Crippen LogP contribution in [0.3, 0.4) is 0 Å². The van der Waals surface area contributed by atoms with Crippen LogP contribution >= 0.6 is 0 Å². The molecule has 0 fully saturated rings. The summed E-state index contributed by atoms with van der Waals surface area (Å²) in [6.45, 7) is 1.49. The third kappa shape index (κ3) is 4.61. The van der Waals surface area contributed by atoms with Crippen LogP contribution in [0.25, 0.3) is 0 Å². The maximum atomic E-state index is 12.5. The van der Waals surface area contributed by atoms with Gasteiger partial charge in [-0.2, -0.15) is 0 Å². The summed E-state index contributed by atoms with van der Waals surface area (Å²) in [6.07, 6.45) is 0.636. The molecular weight excluding hydrogens is 340 g/mol. The molecule has 0 aliphatic heterocycles. The van der Waals surface area contributed by atoms with Crippen LogP contribution in [0.2, 0.25) is 0 Å². The van der Waals surface area contributed by atoms with Crippen molar-refractivity contribution in [1.29, 1.82) is 0 Å². The topological polar surface area (TPSA) is 52.6 Å². The van der Waals surface area contributed by atoms with E-state index < -0.39 is 5.97 Å². The van der Waals surface area contributed by atoms with E-state index in [1.54, 1.807) is 37.4 Å². The van der Waals surface area contributed by atoms with Crippen molar-refractivity contribution in [3.63, 3.8) is 0 Å². The first-order valence-corrected chi connectivity index (χ1v) is 8.61. The number of para-hydroxylation sites is 1. The molecule has 0 aliphatic rings. The molecule has 3 aromatic carbocycles. The van der Waals surface area contributed by atoms with Crippen LogP contribution in [0.5, 0.6) is 11.5 Å². The summed E-state index contributed by atoms with van der Waals surface area (Å²) in [5.74, 6) is 0.827. The minimum absolute atomic E-state index is 0.0419. The number of methoxy groups -OCH3 is 1. The van der Waals surface area contributed by atoms with Crippen LogP contribution in [0.4, 0.5) is 0 Å². The average Bonchev–Trinajstić information content (AvgIpc) is 2.70. The van der Waals surface area contributed by atoms with Crippen molar-refractivity contribution >= 4 is 11.8 Å². The molecule has 0 heterocycles. The molecule has 0 N–H and O–H groups in total. The lowest BCUT2D eigenvalue weighted by Gasteiger charge is -2.11. The lowest BCUT2D eigenvalue weighted by Crippen LogP contribution is -2.10. The molecule has 0 amide bonds. The number of Topliss-reactive ketones (excluding diaryl/α,β-unsaturated/α-hetero) is 1. The largest absolute Gasteiger partial charge is 0.497 e. The Balaban J connectivity index is 1.76. The number of ketones is 1. The van der Waals surface area contributed by atoms with E-state index >= 15 is 0 Å². The van der Waals surface area contributed by atoms with Crippen molar-refractivity contribution in [1.82, 2.24) is 0 Å². The predicted molar refractivity (Wildman–Crippen MR) is 104 cm³/mol. The van der Waals surface area contributed by atoms with Gasteiger partial charge in [0.05, 0.1) is 12.7 Å². The summed E-state index contributed by atoms with van der Waals surface area (Å²) in [5.41, 5.74) is 2.96. The van der Waals surface area contributed by atoms with Gasteiger partial charge in [-0.3, -0.25) is 4.79 Å². The first-order chi connectivity index (χ1) is 13.1. The Hall–Kier alpha value is -3.40. The fourth-order valence-electron chi connectivity index (χ4n) is 2.71. The fraction of sp³-hybridized carbons (Fsp3) is 0.130. The number of hydrogen-bond acceptors (Lipinski definition) is 4. The maximum absolute atomic E-state index is 12.5. The van der Waals surface area contributed by atoms with Crippen LogP contribution in [-0.4, -0.2) is 18.9 Å². The highest BCUT2D eigenvalue weighted by Crippen LogP contribution is 2.23. The summed E-state index contributed by atoms with van der Waals surface area (Å²) in [6, 6.07) is 21.7. The Bertz CT molecular complexity index is 941. The Kier molecular flexibility index (Phi) is 5.67. The van der Waals surface area contributed by atoms with Crippen LogP contribution in [0.1, 0.15) is 38.8 Å². The van der Waals surface area contributed by atoms with Crippen molar-refractivity contribution in [3.05, 3.63) is 95.1 Å². The highest BCUT2D eigenvalue weighted by molar-refractivity contribution is 5.96. The van der Waals surface area contributed by atoms with Gasteiger partial charge in [0, 0.05) is 12.0 Å². The average molecular weight is 360 g/mol. The highest BCUT2D eigenvalue weighted by Gasteiger charge is 2.12. The summed E-state index contributed by atoms with van der Waals surface area (Å²) < 4.78 is 10.8. The number of ether oxygens (including phenoxy) is 2. The molecular formula is C23H20O4. The zero-order chi connectivity index (χ0) is 19.2. The molecule has 0 saturated heterocycles. The number of rotatable bonds is 6. The van der Waals surface area contributed by atoms with E-state index in [2.05, 4.69) is 0 Å². The first-order valence-electron chi connectivity index (χ1n) is 8.61. The maximum Gasteiger partial charge on any atom is 0.343 e. The van der Waals surface area contributed by atoms with Crippen molar-refractivity contribution in [3.8, 4) is 11.5 Å². The smallest absolute Gasteiger partial charge is 0.343 e. The molecule has 0 spiro atoms. The van der Waals surface area contributed by atoms with E-state index in [1.165, 1.54) is 6.92 Å². The van der Waals surface area contributed by atoms with Crippen molar-refractivity contribution in [2.45, 2.75) is 13.3 Å². The first kappa shape index (κ1) is 18.4. The number of hydrogen-bond donors (Lipinski definition) is 0. The SMILES string of the molecule is COc1ccc(Cc2ccccc2OC(=O)c2ccc(C(C)=O)cc2)cc1. The van der Waals surface area contributed by atoms with E-state index in [-0.39, 0.29) is 5.78 Å². The van der Waals surface area contributed by atoms with Gasteiger partial charge in [0.15, 0.2) is 5.78 Å². The van der Waals surface area contributed by atoms with E-state index in [9.17, 15) is 9.59 Å². The van der Waals surface area contributed by atoms with E-state index in [0.29, 0.717) is 23.3 Å². The molecule has 3 aromatic rings. The van der Waals surface area contributed by atoms with Gasteiger partial charge < -0.3 is 9.47 Å². The van der Waals surface area contributed by atoms with Crippen molar-refractivity contribution in [2.75, 3.05) is 7.11 Å². The summed E-state index contributed by atoms with van der Waals surface area (Å²) in [5, 5.41) is 0. The number of esters is 1. The molecule has 4 heteroatoms. The molecule has 0 aromatic heterocycles. The van der Waals surface area contributed by atoms with E-state index in [4.69, 9.17) is 9.47 Å². The van der Waals surface area contributed by atoms with Crippen LogP contribution < -0.4 is 9.47 Å². The van der Waals surface area contributed by atoms with Gasteiger partial charge >= 0.3 is 5.97 Å². The lowest BCUT2D eigenvalue weighted by atomic mass is 10.0. The molecule has 4 nitrogen and oxygen atoms in total. The zero-order valence-electron chi connectivity index (χ0n) is 15.3. The summed E-state index contributed by atoms with van der Waals surface area (Å²) >= 11 is 0. The molecule has 3 rings (SSSR count). The van der Waals surface area contributed by atoms with Gasteiger partial charge in [-0.1, -0.05) is 42.5 Å². The predicted octanol–water partition coefficient (Wildman–Crippen LogP) is 4.71.